The molecule has 3 rings (SSSR count). The van der Waals surface area contributed by atoms with Gasteiger partial charge >= 0.3 is 6.03 Å². The van der Waals surface area contributed by atoms with Crippen molar-refractivity contribution in [3.8, 4) is 0 Å². The van der Waals surface area contributed by atoms with Crippen LogP contribution in [-0.2, 0) is 0 Å². The van der Waals surface area contributed by atoms with Crippen LogP contribution in [-0.4, -0.2) is 33.8 Å². The van der Waals surface area contributed by atoms with Gasteiger partial charge in [0.25, 0.3) is 0 Å². The van der Waals surface area contributed by atoms with Crippen LogP contribution in [0.15, 0.2) is 12.3 Å². The van der Waals surface area contributed by atoms with Crippen molar-refractivity contribution < 1.29 is 4.79 Å². The molecule has 1 unspecified atom stereocenters. The monoisotopic (exact) mass is 318 g/mol. The number of carbonyl (C=O) groups is 1. The molecule has 1 spiro atoms. The molecule has 23 heavy (non-hydrogen) atoms. The maximum atomic E-state index is 12.6. The molecule has 1 aromatic rings. The van der Waals surface area contributed by atoms with E-state index < -0.39 is 0 Å². The van der Waals surface area contributed by atoms with Gasteiger partial charge in [-0.05, 0) is 56.8 Å². The van der Waals surface area contributed by atoms with Crippen LogP contribution in [0.1, 0.15) is 65.3 Å². The molecule has 2 aliphatic rings. The molecule has 1 aromatic heterocycles. The molecule has 1 atom stereocenters. The van der Waals surface area contributed by atoms with Gasteiger partial charge in [0.1, 0.15) is 5.82 Å². The zero-order valence-corrected chi connectivity index (χ0v) is 14.7. The summed E-state index contributed by atoms with van der Waals surface area (Å²) in [6, 6.07) is 2.22. The van der Waals surface area contributed by atoms with Gasteiger partial charge in [0.05, 0.1) is 12.2 Å². The lowest BCUT2D eigenvalue weighted by molar-refractivity contribution is 0.212. The van der Waals surface area contributed by atoms with Gasteiger partial charge in [-0.25, -0.2) is 9.48 Å². The number of anilines is 1. The number of carbonyl (C=O) groups excluding carboxylic acids is 1. The Labute approximate surface area is 139 Å². The Bertz CT molecular complexity index is 547. The zero-order valence-electron chi connectivity index (χ0n) is 14.7. The fraction of sp³-hybridized carbons (Fsp3) is 0.778. The first-order valence-electron chi connectivity index (χ1n) is 9.08. The van der Waals surface area contributed by atoms with E-state index in [0.717, 1.165) is 31.7 Å². The van der Waals surface area contributed by atoms with E-state index in [0.29, 0.717) is 17.4 Å². The Balaban J connectivity index is 1.60. The van der Waals surface area contributed by atoms with Gasteiger partial charge in [-0.15, -0.1) is 0 Å². The summed E-state index contributed by atoms with van der Waals surface area (Å²) in [5.41, 5.74) is 0.586. The van der Waals surface area contributed by atoms with Crippen LogP contribution in [0.5, 0.6) is 0 Å². The van der Waals surface area contributed by atoms with E-state index in [9.17, 15) is 4.79 Å². The summed E-state index contributed by atoms with van der Waals surface area (Å²) >= 11 is 0. The van der Waals surface area contributed by atoms with Crippen molar-refractivity contribution in [2.24, 2.45) is 11.3 Å². The second-order valence-electron chi connectivity index (χ2n) is 7.91. The van der Waals surface area contributed by atoms with Crippen molar-refractivity contribution in [1.82, 2.24) is 14.7 Å². The van der Waals surface area contributed by atoms with E-state index in [-0.39, 0.29) is 6.03 Å². The Morgan fingerprint density at radius 2 is 2.04 bits per heavy atom. The number of urea groups is 1. The van der Waals surface area contributed by atoms with Gasteiger partial charge in [0, 0.05) is 19.2 Å². The van der Waals surface area contributed by atoms with Crippen molar-refractivity contribution in [1.29, 1.82) is 0 Å². The van der Waals surface area contributed by atoms with Crippen LogP contribution in [0, 0.1) is 11.3 Å². The van der Waals surface area contributed by atoms with Crippen LogP contribution in [0.2, 0.25) is 0 Å². The minimum atomic E-state index is 0.0289. The maximum absolute atomic E-state index is 12.6. The average molecular weight is 318 g/mol. The summed E-state index contributed by atoms with van der Waals surface area (Å²) < 4.78 is 1.94. The van der Waals surface area contributed by atoms with Gasteiger partial charge in [0.15, 0.2) is 0 Å². The predicted molar refractivity (Wildman–Crippen MR) is 92.5 cm³/mol. The van der Waals surface area contributed by atoms with Crippen LogP contribution < -0.4 is 5.32 Å². The molecule has 128 valence electrons. The first-order valence-corrected chi connectivity index (χ1v) is 9.08. The number of hydrogen-bond donors (Lipinski definition) is 1. The molecule has 1 aliphatic heterocycles. The average Bonchev–Trinajstić information content (AvgIpc) is 3.17. The second-order valence-corrected chi connectivity index (χ2v) is 7.91. The first-order chi connectivity index (χ1) is 11.0. The van der Waals surface area contributed by atoms with E-state index in [1.54, 1.807) is 6.20 Å². The van der Waals surface area contributed by atoms with Crippen LogP contribution in [0.3, 0.4) is 0 Å². The fourth-order valence-corrected chi connectivity index (χ4v) is 3.87. The summed E-state index contributed by atoms with van der Waals surface area (Å²) in [7, 11) is 0. The van der Waals surface area contributed by atoms with Gasteiger partial charge in [0.2, 0.25) is 0 Å². The van der Waals surface area contributed by atoms with E-state index in [1.165, 1.54) is 25.7 Å². The molecule has 1 N–H and O–H groups in total. The summed E-state index contributed by atoms with van der Waals surface area (Å²) in [5, 5.41) is 7.48. The number of nitrogens with zero attached hydrogens (tertiary/aromatic N) is 3. The molecule has 1 saturated heterocycles. The lowest BCUT2D eigenvalue weighted by Gasteiger charge is -2.23. The number of hydrogen-bond acceptors (Lipinski definition) is 2. The number of likely N-dealkylation sites (tertiary alicyclic amines) is 1. The SMILES string of the molecule is CC(C)CC(C)n1nccc1NC(=O)N1CCCC2(CC1)CC2. The van der Waals surface area contributed by atoms with E-state index in [2.05, 4.69) is 31.2 Å². The summed E-state index contributed by atoms with van der Waals surface area (Å²) in [6.45, 7) is 8.35. The van der Waals surface area contributed by atoms with Crippen LogP contribution in [0.4, 0.5) is 10.6 Å². The van der Waals surface area contributed by atoms with Crippen LogP contribution >= 0.6 is 0 Å². The highest BCUT2D eigenvalue weighted by molar-refractivity contribution is 5.88. The molecule has 1 aliphatic carbocycles. The Morgan fingerprint density at radius 1 is 1.26 bits per heavy atom. The summed E-state index contributed by atoms with van der Waals surface area (Å²) in [6.07, 6.45) is 9.15. The number of nitrogens with one attached hydrogen (secondary N) is 1. The molecule has 0 aromatic carbocycles. The quantitative estimate of drug-likeness (QED) is 0.900. The van der Waals surface area contributed by atoms with Crippen molar-refractivity contribution in [2.75, 3.05) is 18.4 Å². The highest BCUT2D eigenvalue weighted by atomic mass is 16.2. The molecule has 0 bridgehead atoms. The zero-order chi connectivity index (χ0) is 16.4. The molecule has 1 saturated carbocycles. The Morgan fingerprint density at radius 3 is 2.74 bits per heavy atom. The predicted octanol–water partition coefficient (Wildman–Crippen LogP) is 4.29. The van der Waals surface area contributed by atoms with Gasteiger partial charge < -0.3 is 4.90 Å². The fourth-order valence-electron chi connectivity index (χ4n) is 3.87. The normalized spacial score (nSPS) is 21.3. The van der Waals surface area contributed by atoms with E-state index in [1.807, 2.05) is 15.6 Å². The summed E-state index contributed by atoms with van der Waals surface area (Å²) in [5.74, 6) is 1.42. The number of rotatable bonds is 4. The molecular weight excluding hydrogens is 288 g/mol. The largest absolute Gasteiger partial charge is 0.324 e. The standard InChI is InChI=1S/C18H30N4O/c1-14(2)13-15(3)22-16(5-10-19-22)20-17(23)21-11-4-6-18(7-8-18)9-12-21/h5,10,14-15H,4,6-9,11-13H2,1-3H3,(H,20,23). The Hall–Kier alpha value is -1.52. The molecule has 5 nitrogen and oxygen atoms in total. The first kappa shape index (κ1) is 16.3. The topological polar surface area (TPSA) is 50.2 Å². The van der Waals surface area contributed by atoms with Crippen molar-refractivity contribution >= 4 is 11.8 Å². The lowest BCUT2D eigenvalue weighted by atomic mass is 9.98. The second kappa shape index (κ2) is 6.54. The smallest absolute Gasteiger partial charge is 0.322 e. The molecular formula is C18H30N4O. The molecule has 2 amide bonds. The molecule has 5 heteroatoms. The van der Waals surface area contributed by atoms with Gasteiger partial charge in [-0.3, -0.25) is 5.32 Å². The third-order valence-electron chi connectivity index (χ3n) is 5.43. The van der Waals surface area contributed by atoms with E-state index in [4.69, 9.17) is 0 Å². The van der Waals surface area contributed by atoms with Crippen molar-refractivity contribution in [2.45, 2.75) is 65.3 Å². The van der Waals surface area contributed by atoms with Gasteiger partial charge in [-0.1, -0.05) is 13.8 Å². The third-order valence-corrected chi connectivity index (χ3v) is 5.43. The third kappa shape index (κ3) is 3.88. The minimum absolute atomic E-state index is 0.0289. The molecule has 0 radical (unpaired) electrons. The van der Waals surface area contributed by atoms with Crippen molar-refractivity contribution in [3.63, 3.8) is 0 Å². The minimum Gasteiger partial charge on any atom is -0.324 e. The highest BCUT2D eigenvalue weighted by Crippen LogP contribution is 2.53. The number of amides is 2. The highest BCUT2D eigenvalue weighted by Gasteiger charge is 2.43. The summed E-state index contributed by atoms with van der Waals surface area (Å²) in [4.78, 5) is 14.6. The maximum Gasteiger partial charge on any atom is 0.322 e. The Kier molecular flexibility index (Phi) is 4.64. The molecule has 2 fully saturated rings. The van der Waals surface area contributed by atoms with Crippen LogP contribution in [0.25, 0.3) is 0 Å². The van der Waals surface area contributed by atoms with Gasteiger partial charge in [-0.2, -0.15) is 5.10 Å². The lowest BCUT2D eigenvalue weighted by Crippen LogP contribution is -2.36. The van der Waals surface area contributed by atoms with E-state index >= 15 is 0 Å². The van der Waals surface area contributed by atoms with Crippen molar-refractivity contribution in [3.05, 3.63) is 12.3 Å². The molecule has 2 heterocycles. The number of aromatic nitrogens is 2.